The highest BCUT2D eigenvalue weighted by molar-refractivity contribution is 8.15. The first-order chi connectivity index (χ1) is 9.56. The minimum Gasteiger partial charge on any atom is -0.411 e. The van der Waals surface area contributed by atoms with Crippen LogP contribution in [0.2, 0.25) is 18.1 Å². The Balaban J connectivity index is 3.17. The molecular formula is C13H24ClNO4S2Si. The molecule has 1 rings (SSSR count). The van der Waals surface area contributed by atoms with E-state index in [-0.39, 0.29) is 21.5 Å². The Hall–Kier alpha value is 0.00688. The number of hydrogen-bond donors (Lipinski definition) is 1. The standard InChI is InChI=1S/C13H24ClNO4S2Si/c1-12(2,3)22(6,7)19-8-9-10(21(14,17)18)20-11(15-9)13(4,5)16/h16H,8H2,1-7H3. The molecule has 0 aliphatic carbocycles. The van der Waals surface area contributed by atoms with Crippen LogP contribution in [0.25, 0.3) is 0 Å². The second kappa shape index (κ2) is 6.14. The van der Waals surface area contributed by atoms with Crippen LogP contribution in [0.4, 0.5) is 0 Å². The third-order valence-corrected chi connectivity index (χ3v) is 11.8. The van der Waals surface area contributed by atoms with Gasteiger partial charge in [-0.15, -0.1) is 11.3 Å². The van der Waals surface area contributed by atoms with E-state index in [2.05, 4.69) is 38.8 Å². The lowest BCUT2D eigenvalue weighted by Crippen LogP contribution is -2.40. The highest BCUT2D eigenvalue weighted by Gasteiger charge is 2.38. The Morgan fingerprint density at radius 2 is 1.77 bits per heavy atom. The van der Waals surface area contributed by atoms with E-state index in [9.17, 15) is 13.5 Å². The first-order valence-corrected chi connectivity index (χ1v) is 12.9. The Kier molecular flexibility index (Phi) is 5.60. The molecule has 0 bridgehead atoms. The van der Waals surface area contributed by atoms with E-state index >= 15 is 0 Å². The molecule has 0 fully saturated rings. The first-order valence-electron chi connectivity index (χ1n) is 6.87. The van der Waals surface area contributed by atoms with Crippen molar-refractivity contribution in [3.8, 4) is 0 Å². The van der Waals surface area contributed by atoms with E-state index in [1.54, 1.807) is 13.8 Å². The van der Waals surface area contributed by atoms with Gasteiger partial charge in [0.1, 0.15) is 10.6 Å². The van der Waals surface area contributed by atoms with Crippen LogP contribution in [0.5, 0.6) is 0 Å². The van der Waals surface area contributed by atoms with E-state index < -0.39 is 23.0 Å². The summed E-state index contributed by atoms with van der Waals surface area (Å²) >= 11 is 0.886. The van der Waals surface area contributed by atoms with Gasteiger partial charge in [0.25, 0.3) is 9.05 Å². The van der Waals surface area contributed by atoms with Gasteiger partial charge in [0, 0.05) is 10.7 Å². The number of rotatable bonds is 5. The topological polar surface area (TPSA) is 76.5 Å². The van der Waals surface area contributed by atoms with Crippen LogP contribution in [0.15, 0.2) is 4.21 Å². The zero-order chi connectivity index (χ0) is 17.6. The van der Waals surface area contributed by atoms with Crippen molar-refractivity contribution in [1.29, 1.82) is 0 Å². The Labute approximate surface area is 142 Å². The van der Waals surface area contributed by atoms with Crippen LogP contribution < -0.4 is 0 Å². The van der Waals surface area contributed by atoms with Crippen molar-refractivity contribution >= 4 is 39.4 Å². The predicted molar refractivity (Wildman–Crippen MR) is 92.4 cm³/mol. The Morgan fingerprint density at radius 1 is 1.27 bits per heavy atom. The van der Waals surface area contributed by atoms with Crippen LogP contribution in [0.1, 0.15) is 45.3 Å². The molecule has 0 aliphatic rings. The van der Waals surface area contributed by atoms with Gasteiger partial charge >= 0.3 is 0 Å². The molecule has 1 aromatic rings. The summed E-state index contributed by atoms with van der Waals surface area (Å²) in [6.07, 6.45) is 0. The Bertz CT molecular complexity index is 642. The van der Waals surface area contributed by atoms with Crippen LogP contribution in [0, 0.1) is 0 Å². The summed E-state index contributed by atoms with van der Waals surface area (Å²) in [4.78, 5) is 4.24. The summed E-state index contributed by atoms with van der Waals surface area (Å²) < 4.78 is 29.4. The number of aromatic nitrogens is 1. The van der Waals surface area contributed by atoms with Gasteiger partial charge in [-0.1, -0.05) is 20.8 Å². The van der Waals surface area contributed by atoms with Crippen LogP contribution in [-0.4, -0.2) is 26.8 Å². The van der Waals surface area contributed by atoms with E-state index in [1.807, 2.05) is 0 Å². The third kappa shape index (κ3) is 4.75. The lowest BCUT2D eigenvalue weighted by Gasteiger charge is -2.35. The highest BCUT2D eigenvalue weighted by atomic mass is 35.7. The smallest absolute Gasteiger partial charge is 0.272 e. The van der Waals surface area contributed by atoms with Crippen LogP contribution in [-0.2, 0) is 25.7 Å². The van der Waals surface area contributed by atoms with Gasteiger partial charge in [-0.2, -0.15) is 0 Å². The molecule has 5 nitrogen and oxygen atoms in total. The summed E-state index contributed by atoms with van der Waals surface area (Å²) in [7, 11) is -0.482. The van der Waals surface area contributed by atoms with Gasteiger partial charge in [0.2, 0.25) is 0 Å². The fourth-order valence-corrected chi connectivity index (χ4v) is 4.65. The van der Waals surface area contributed by atoms with Gasteiger partial charge in [0.05, 0.1) is 12.3 Å². The number of nitrogens with zero attached hydrogens (tertiary/aromatic N) is 1. The SMILES string of the molecule is CC(C)(O)c1nc(CO[Si](C)(C)C(C)(C)C)c(S(=O)(=O)Cl)s1. The zero-order valence-corrected chi connectivity index (χ0v) is 17.4. The number of aliphatic hydroxyl groups is 1. The first kappa shape index (κ1) is 20.1. The lowest BCUT2D eigenvalue weighted by atomic mass is 10.2. The number of hydrogen-bond acceptors (Lipinski definition) is 6. The van der Waals surface area contributed by atoms with E-state index in [4.69, 9.17) is 15.1 Å². The fourth-order valence-electron chi connectivity index (χ4n) is 1.35. The minimum atomic E-state index is -3.92. The van der Waals surface area contributed by atoms with Gasteiger partial charge in [-0.25, -0.2) is 13.4 Å². The average Bonchev–Trinajstić information content (AvgIpc) is 2.67. The molecule has 128 valence electrons. The van der Waals surface area contributed by atoms with Crippen molar-refractivity contribution in [2.24, 2.45) is 0 Å². The van der Waals surface area contributed by atoms with Gasteiger partial charge < -0.3 is 9.53 Å². The molecule has 1 N–H and O–H groups in total. The van der Waals surface area contributed by atoms with Crippen molar-refractivity contribution in [3.63, 3.8) is 0 Å². The maximum atomic E-state index is 11.7. The molecular weight excluding hydrogens is 362 g/mol. The monoisotopic (exact) mass is 385 g/mol. The highest BCUT2D eigenvalue weighted by Crippen LogP contribution is 2.38. The molecule has 0 aliphatic heterocycles. The van der Waals surface area contributed by atoms with E-state index in [0.29, 0.717) is 5.01 Å². The molecule has 0 unspecified atom stereocenters. The number of thiazole rings is 1. The zero-order valence-electron chi connectivity index (χ0n) is 14.0. The van der Waals surface area contributed by atoms with E-state index in [1.165, 1.54) is 0 Å². The van der Waals surface area contributed by atoms with E-state index in [0.717, 1.165) is 11.3 Å². The molecule has 1 aromatic heterocycles. The summed E-state index contributed by atoms with van der Waals surface area (Å²) in [5.74, 6) is 0. The van der Waals surface area contributed by atoms with Crippen molar-refractivity contribution in [3.05, 3.63) is 10.7 Å². The molecule has 0 amide bonds. The van der Waals surface area contributed by atoms with Crippen molar-refractivity contribution in [2.75, 3.05) is 0 Å². The minimum absolute atomic E-state index is 0.00209. The van der Waals surface area contributed by atoms with Gasteiger partial charge in [-0.3, -0.25) is 0 Å². The van der Waals surface area contributed by atoms with Crippen molar-refractivity contribution in [1.82, 2.24) is 4.98 Å². The quantitative estimate of drug-likeness (QED) is 0.615. The molecule has 1 heterocycles. The second-order valence-corrected chi connectivity index (χ2v) is 15.9. The van der Waals surface area contributed by atoms with Crippen molar-refractivity contribution < 1.29 is 18.0 Å². The largest absolute Gasteiger partial charge is 0.411 e. The molecule has 0 atom stereocenters. The molecule has 0 radical (unpaired) electrons. The lowest BCUT2D eigenvalue weighted by molar-refractivity contribution is 0.0779. The molecule has 0 saturated carbocycles. The summed E-state index contributed by atoms with van der Waals surface area (Å²) in [6.45, 7) is 13.6. The maximum Gasteiger partial charge on any atom is 0.272 e. The molecule has 0 aromatic carbocycles. The Morgan fingerprint density at radius 3 is 2.14 bits per heavy atom. The third-order valence-electron chi connectivity index (χ3n) is 3.78. The fraction of sp³-hybridized carbons (Fsp3) is 0.769. The maximum absolute atomic E-state index is 11.7. The number of halogens is 1. The molecule has 0 spiro atoms. The second-order valence-electron chi connectivity index (χ2n) is 7.30. The predicted octanol–water partition coefficient (Wildman–Crippen LogP) is 3.82. The summed E-state index contributed by atoms with van der Waals surface area (Å²) in [5, 5.41) is 10.3. The van der Waals surface area contributed by atoms with Crippen LogP contribution >= 0.6 is 22.0 Å². The normalized spacial score (nSPS) is 14.4. The molecule has 9 heteroatoms. The van der Waals surface area contributed by atoms with Crippen molar-refractivity contribution in [2.45, 2.75) is 69.2 Å². The van der Waals surface area contributed by atoms with Gasteiger partial charge in [0.15, 0.2) is 12.5 Å². The summed E-state index contributed by atoms with van der Waals surface area (Å²) in [5.41, 5.74) is -0.960. The molecule has 22 heavy (non-hydrogen) atoms. The summed E-state index contributed by atoms with van der Waals surface area (Å²) in [6, 6.07) is 0. The van der Waals surface area contributed by atoms with Crippen LogP contribution in [0.3, 0.4) is 0 Å². The van der Waals surface area contributed by atoms with Gasteiger partial charge in [-0.05, 0) is 32.0 Å². The molecule has 0 saturated heterocycles. The average molecular weight is 386 g/mol.